The molecule has 1 amide bonds. The maximum absolute atomic E-state index is 12.5. The molecular weight excluding hydrogens is 827 g/mol. The molecule has 6 heteroatoms. The highest BCUT2D eigenvalue weighted by Crippen LogP contribution is 2.16. The highest BCUT2D eigenvalue weighted by atomic mass is 16.5. The summed E-state index contributed by atoms with van der Waals surface area (Å²) < 4.78 is 5.46. The van der Waals surface area contributed by atoms with Crippen molar-refractivity contribution >= 4 is 11.9 Å². The molecular formula is C61H115NO5. The molecule has 2 unspecified atom stereocenters. The van der Waals surface area contributed by atoms with E-state index in [2.05, 4.69) is 43.5 Å². The molecule has 3 N–H and O–H groups in total. The lowest BCUT2D eigenvalue weighted by Crippen LogP contribution is -2.45. The summed E-state index contributed by atoms with van der Waals surface area (Å²) in [5, 5.41) is 23.1. The zero-order valence-electron chi connectivity index (χ0n) is 44.9. The van der Waals surface area contributed by atoms with Gasteiger partial charge in [-0.05, 0) is 83.5 Å². The van der Waals surface area contributed by atoms with Crippen molar-refractivity contribution in [1.29, 1.82) is 0 Å². The third kappa shape index (κ3) is 53.3. The second-order valence-corrected chi connectivity index (χ2v) is 20.3. The average molecular weight is 943 g/mol. The molecule has 0 heterocycles. The maximum atomic E-state index is 12.5. The first-order chi connectivity index (χ1) is 33.0. The van der Waals surface area contributed by atoms with Crippen LogP contribution in [0.25, 0.3) is 0 Å². The molecule has 0 saturated carbocycles. The summed E-state index contributed by atoms with van der Waals surface area (Å²) in [6.45, 7) is 4.88. The molecule has 0 aromatic carbocycles. The Morgan fingerprint density at radius 1 is 0.403 bits per heavy atom. The SMILES string of the molecule is CCCCC/C=C\CCCCCCCC(=O)OCCCCCCCCCCCCCC/C=C\CCCCCCCCCC(=O)NC(CO)C(O)/C=C/CCCCCCCCCCCCCCC. The van der Waals surface area contributed by atoms with Crippen molar-refractivity contribution in [3.05, 3.63) is 36.5 Å². The van der Waals surface area contributed by atoms with Crippen LogP contribution in [0.5, 0.6) is 0 Å². The summed E-state index contributed by atoms with van der Waals surface area (Å²) in [4.78, 5) is 24.5. The van der Waals surface area contributed by atoms with E-state index in [9.17, 15) is 19.8 Å². The lowest BCUT2D eigenvalue weighted by atomic mass is 10.0. The fourth-order valence-corrected chi connectivity index (χ4v) is 9.03. The molecule has 0 spiro atoms. The first kappa shape index (κ1) is 65.1. The van der Waals surface area contributed by atoms with E-state index in [4.69, 9.17) is 4.74 Å². The Hall–Kier alpha value is -1.92. The van der Waals surface area contributed by atoms with Gasteiger partial charge in [0.05, 0.1) is 25.4 Å². The van der Waals surface area contributed by atoms with Crippen LogP contribution in [0.2, 0.25) is 0 Å². The Bertz CT molecular complexity index is 1090. The van der Waals surface area contributed by atoms with Crippen molar-refractivity contribution in [3.63, 3.8) is 0 Å². The van der Waals surface area contributed by atoms with Gasteiger partial charge in [-0.1, -0.05) is 256 Å². The van der Waals surface area contributed by atoms with Crippen LogP contribution in [0.4, 0.5) is 0 Å². The highest BCUT2D eigenvalue weighted by Gasteiger charge is 2.18. The summed E-state index contributed by atoms with van der Waals surface area (Å²) in [6, 6.07) is -0.632. The highest BCUT2D eigenvalue weighted by molar-refractivity contribution is 5.76. The molecule has 394 valence electrons. The normalized spacial score (nSPS) is 12.8. The molecule has 0 aromatic heterocycles. The van der Waals surface area contributed by atoms with Crippen LogP contribution in [0, 0.1) is 0 Å². The molecule has 6 nitrogen and oxygen atoms in total. The fourth-order valence-electron chi connectivity index (χ4n) is 9.03. The summed E-state index contributed by atoms with van der Waals surface area (Å²) >= 11 is 0. The number of nitrogens with one attached hydrogen (secondary N) is 1. The van der Waals surface area contributed by atoms with Gasteiger partial charge in [-0.15, -0.1) is 0 Å². The molecule has 2 atom stereocenters. The van der Waals surface area contributed by atoms with Gasteiger partial charge in [-0.2, -0.15) is 0 Å². The van der Waals surface area contributed by atoms with Crippen LogP contribution in [0.3, 0.4) is 0 Å². The summed E-state index contributed by atoms with van der Waals surface area (Å²) in [6.07, 6.45) is 70.3. The number of rotatable bonds is 55. The number of esters is 1. The first-order valence-corrected chi connectivity index (χ1v) is 29.8. The van der Waals surface area contributed by atoms with Gasteiger partial charge in [0.15, 0.2) is 0 Å². The van der Waals surface area contributed by atoms with Gasteiger partial charge in [-0.3, -0.25) is 9.59 Å². The number of carbonyl (C=O) groups excluding carboxylic acids is 2. The third-order valence-electron chi connectivity index (χ3n) is 13.6. The van der Waals surface area contributed by atoms with Gasteiger partial charge >= 0.3 is 5.97 Å². The second kappa shape index (κ2) is 56.7. The van der Waals surface area contributed by atoms with Crippen LogP contribution in [-0.2, 0) is 14.3 Å². The largest absolute Gasteiger partial charge is 0.466 e. The lowest BCUT2D eigenvalue weighted by molar-refractivity contribution is -0.143. The van der Waals surface area contributed by atoms with E-state index >= 15 is 0 Å². The third-order valence-corrected chi connectivity index (χ3v) is 13.6. The van der Waals surface area contributed by atoms with Crippen LogP contribution in [-0.4, -0.2) is 47.4 Å². The van der Waals surface area contributed by atoms with E-state index in [-0.39, 0.29) is 18.5 Å². The van der Waals surface area contributed by atoms with E-state index in [0.717, 1.165) is 51.4 Å². The van der Waals surface area contributed by atoms with E-state index in [1.54, 1.807) is 6.08 Å². The molecule has 0 aliphatic rings. The second-order valence-electron chi connectivity index (χ2n) is 20.3. The van der Waals surface area contributed by atoms with Gasteiger partial charge in [-0.25, -0.2) is 0 Å². The number of amides is 1. The number of aliphatic hydroxyl groups excluding tert-OH is 2. The zero-order valence-corrected chi connectivity index (χ0v) is 44.9. The number of ether oxygens (including phenoxy) is 1. The van der Waals surface area contributed by atoms with Crippen molar-refractivity contribution in [2.75, 3.05) is 13.2 Å². The molecule has 0 saturated heterocycles. The molecule has 0 aliphatic heterocycles. The predicted molar refractivity (Wildman–Crippen MR) is 292 cm³/mol. The number of hydrogen-bond acceptors (Lipinski definition) is 5. The monoisotopic (exact) mass is 942 g/mol. The maximum Gasteiger partial charge on any atom is 0.305 e. The number of hydrogen-bond donors (Lipinski definition) is 3. The predicted octanol–water partition coefficient (Wildman–Crippen LogP) is 18.4. The topological polar surface area (TPSA) is 95.9 Å². The summed E-state index contributed by atoms with van der Waals surface area (Å²) in [5.74, 6) is -0.0730. The van der Waals surface area contributed by atoms with Crippen molar-refractivity contribution in [3.8, 4) is 0 Å². The quantitative estimate of drug-likeness (QED) is 0.0321. The Balaban J connectivity index is 3.44. The van der Waals surface area contributed by atoms with Crippen molar-refractivity contribution in [2.24, 2.45) is 0 Å². The van der Waals surface area contributed by atoms with Gasteiger partial charge in [0.1, 0.15) is 0 Å². The van der Waals surface area contributed by atoms with Gasteiger partial charge < -0.3 is 20.3 Å². The first-order valence-electron chi connectivity index (χ1n) is 29.8. The van der Waals surface area contributed by atoms with Crippen LogP contribution in [0.15, 0.2) is 36.5 Å². The van der Waals surface area contributed by atoms with Crippen LogP contribution < -0.4 is 5.32 Å². The van der Waals surface area contributed by atoms with Crippen molar-refractivity contribution in [1.82, 2.24) is 5.32 Å². The lowest BCUT2D eigenvalue weighted by Gasteiger charge is -2.20. The van der Waals surface area contributed by atoms with E-state index < -0.39 is 12.1 Å². The molecule has 67 heavy (non-hydrogen) atoms. The summed E-state index contributed by atoms with van der Waals surface area (Å²) in [5.41, 5.74) is 0. The Morgan fingerprint density at radius 3 is 1.09 bits per heavy atom. The van der Waals surface area contributed by atoms with E-state index in [1.165, 1.54) is 238 Å². The van der Waals surface area contributed by atoms with E-state index in [0.29, 0.717) is 19.4 Å². The molecule has 0 aliphatic carbocycles. The minimum Gasteiger partial charge on any atom is -0.466 e. The number of carbonyl (C=O) groups is 2. The Morgan fingerprint density at radius 2 is 0.701 bits per heavy atom. The van der Waals surface area contributed by atoms with Crippen molar-refractivity contribution < 1.29 is 24.5 Å². The molecule has 0 fully saturated rings. The van der Waals surface area contributed by atoms with Gasteiger partial charge in [0.2, 0.25) is 5.91 Å². The summed E-state index contributed by atoms with van der Waals surface area (Å²) in [7, 11) is 0. The molecule has 0 aromatic rings. The number of aliphatic hydroxyl groups is 2. The Labute approximate surface area is 417 Å². The number of allylic oxidation sites excluding steroid dienone is 5. The minimum atomic E-state index is -0.848. The molecule has 0 radical (unpaired) electrons. The standard InChI is InChI=1S/C61H115NO5/c1-3-5-7-9-11-13-15-17-27-30-33-37-41-45-49-53-59(64)58(57-63)62-60(65)54-50-46-42-38-34-31-28-25-23-21-19-18-20-22-24-26-29-32-36-40-44-48-52-56-67-61(66)55-51-47-43-39-35-16-14-12-10-8-6-4-2/h12,14,21,23,49,53,58-59,63-64H,3-11,13,15-20,22,24-48,50-52,54-57H2,1-2H3,(H,62,65)/b14-12-,23-21-,53-49+. The fraction of sp³-hybridized carbons (Fsp3) is 0.869. The minimum absolute atomic E-state index is 0.000618. The number of unbranched alkanes of at least 4 members (excludes halogenated alkanes) is 40. The van der Waals surface area contributed by atoms with Crippen LogP contribution in [0.1, 0.15) is 316 Å². The van der Waals surface area contributed by atoms with Crippen LogP contribution >= 0.6 is 0 Å². The smallest absolute Gasteiger partial charge is 0.305 e. The zero-order chi connectivity index (χ0) is 48.6. The van der Waals surface area contributed by atoms with E-state index in [1.807, 2.05) is 6.08 Å². The van der Waals surface area contributed by atoms with Gasteiger partial charge in [0, 0.05) is 12.8 Å². The molecule has 0 rings (SSSR count). The average Bonchev–Trinajstić information content (AvgIpc) is 3.33. The van der Waals surface area contributed by atoms with Crippen molar-refractivity contribution in [2.45, 2.75) is 328 Å². The van der Waals surface area contributed by atoms with Gasteiger partial charge in [0.25, 0.3) is 0 Å². The molecule has 0 bridgehead atoms. The Kier molecular flexibility index (Phi) is 55.0.